The molecule has 1 heterocycles. The molecule has 1 aromatic carbocycles. The highest BCUT2D eigenvalue weighted by Crippen LogP contribution is 2.20. The number of para-hydroxylation sites is 1. The minimum atomic E-state index is 0.141. The number of anilines is 1. The van der Waals surface area contributed by atoms with Crippen LogP contribution < -0.4 is 11.1 Å². The standard InChI is InChI=1S/C15H21N3OS/c1-11-6-5-7-12(15(16)20)14(11)17-10-13(19)18-8-3-2-4-9-18/h5-7,17H,2-4,8-10H2,1H3,(H2,16,20). The lowest BCUT2D eigenvalue weighted by Gasteiger charge is -2.27. The van der Waals surface area contributed by atoms with E-state index in [1.165, 1.54) is 6.42 Å². The van der Waals surface area contributed by atoms with Crippen LogP contribution in [0.4, 0.5) is 5.69 Å². The second-order valence-corrected chi connectivity index (χ2v) is 5.60. The van der Waals surface area contributed by atoms with E-state index in [1.807, 2.05) is 30.0 Å². The lowest BCUT2D eigenvalue weighted by molar-refractivity contribution is -0.130. The van der Waals surface area contributed by atoms with Gasteiger partial charge in [-0.2, -0.15) is 0 Å². The van der Waals surface area contributed by atoms with Crippen molar-refractivity contribution in [3.63, 3.8) is 0 Å². The van der Waals surface area contributed by atoms with Crippen molar-refractivity contribution < 1.29 is 4.79 Å². The maximum Gasteiger partial charge on any atom is 0.241 e. The van der Waals surface area contributed by atoms with Gasteiger partial charge in [0.1, 0.15) is 4.99 Å². The van der Waals surface area contributed by atoms with Crippen LogP contribution >= 0.6 is 12.2 Å². The molecule has 3 N–H and O–H groups in total. The Morgan fingerprint density at radius 1 is 1.35 bits per heavy atom. The Morgan fingerprint density at radius 3 is 2.70 bits per heavy atom. The van der Waals surface area contributed by atoms with E-state index in [4.69, 9.17) is 18.0 Å². The number of nitrogens with zero attached hydrogens (tertiary/aromatic N) is 1. The van der Waals surface area contributed by atoms with Crippen molar-refractivity contribution in [2.45, 2.75) is 26.2 Å². The number of piperidine rings is 1. The molecule has 4 nitrogen and oxygen atoms in total. The summed E-state index contributed by atoms with van der Waals surface area (Å²) in [4.78, 5) is 14.4. The van der Waals surface area contributed by atoms with Crippen molar-refractivity contribution in [1.29, 1.82) is 0 Å². The van der Waals surface area contributed by atoms with Gasteiger partial charge in [-0.3, -0.25) is 4.79 Å². The molecular formula is C15H21N3OS. The third-order valence-corrected chi connectivity index (χ3v) is 3.88. The van der Waals surface area contributed by atoms with Gasteiger partial charge in [0, 0.05) is 24.3 Å². The van der Waals surface area contributed by atoms with Gasteiger partial charge in [-0.05, 0) is 37.8 Å². The number of likely N-dealkylation sites (tertiary alicyclic amines) is 1. The third kappa shape index (κ3) is 3.48. The molecule has 1 aromatic rings. The fraction of sp³-hybridized carbons (Fsp3) is 0.467. The highest BCUT2D eigenvalue weighted by atomic mass is 32.1. The van der Waals surface area contributed by atoms with Crippen molar-refractivity contribution in [3.8, 4) is 0 Å². The van der Waals surface area contributed by atoms with Gasteiger partial charge in [-0.15, -0.1) is 0 Å². The molecule has 108 valence electrons. The molecule has 2 rings (SSSR count). The van der Waals surface area contributed by atoms with Gasteiger partial charge in [0.2, 0.25) is 5.91 Å². The number of amides is 1. The lowest BCUT2D eigenvalue weighted by Crippen LogP contribution is -2.39. The maximum atomic E-state index is 12.2. The first-order chi connectivity index (χ1) is 9.59. The molecule has 1 saturated heterocycles. The van der Waals surface area contributed by atoms with E-state index in [0.29, 0.717) is 11.5 Å². The van der Waals surface area contributed by atoms with Gasteiger partial charge in [0.05, 0.1) is 6.54 Å². The summed E-state index contributed by atoms with van der Waals surface area (Å²) < 4.78 is 0. The van der Waals surface area contributed by atoms with Gasteiger partial charge in [-0.1, -0.05) is 24.4 Å². The number of nitrogens with two attached hydrogens (primary N) is 1. The second-order valence-electron chi connectivity index (χ2n) is 5.16. The first-order valence-corrected chi connectivity index (χ1v) is 7.41. The van der Waals surface area contributed by atoms with Gasteiger partial charge in [-0.25, -0.2) is 0 Å². The van der Waals surface area contributed by atoms with Crippen molar-refractivity contribution in [2.24, 2.45) is 5.73 Å². The Morgan fingerprint density at radius 2 is 2.05 bits per heavy atom. The van der Waals surface area contributed by atoms with Crippen LogP contribution in [-0.2, 0) is 4.79 Å². The van der Waals surface area contributed by atoms with E-state index in [-0.39, 0.29) is 5.91 Å². The molecule has 0 atom stereocenters. The zero-order valence-electron chi connectivity index (χ0n) is 11.8. The average Bonchev–Trinajstić information content (AvgIpc) is 2.46. The summed E-state index contributed by atoms with van der Waals surface area (Å²) in [7, 11) is 0. The third-order valence-electron chi connectivity index (χ3n) is 3.66. The van der Waals surface area contributed by atoms with E-state index in [1.54, 1.807) is 0 Å². The quantitative estimate of drug-likeness (QED) is 0.834. The number of aryl methyl sites for hydroxylation is 1. The van der Waals surface area contributed by atoms with Gasteiger partial charge < -0.3 is 16.0 Å². The van der Waals surface area contributed by atoms with Crippen LogP contribution in [0.5, 0.6) is 0 Å². The number of nitrogens with one attached hydrogen (secondary N) is 1. The van der Waals surface area contributed by atoms with Crippen LogP contribution in [0.2, 0.25) is 0 Å². The number of benzene rings is 1. The highest BCUT2D eigenvalue weighted by Gasteiger charge is 2.17. The monoisotopic (exact) mass is 291 g/mol. The van der Waals surface area contributed by atoms with E-state index >= 15 is 0 Å². The van der Waals surface area contributed by atoms with E-state index in [9.17, 15) is 4.79 Å². The molecule has 0 spiro atoms. The summed E-state index contributed by atoms with van der Waals surface area (Å²) in [5.74, 6) is 0.141. The normalized spacial score (nSPS) is 14.9. The summed E-state index contributed by atoms with van der Waals surface area (Å²) in [5, 5.41) is 3.20. The minimum absolute atomic E-state index is 0.141. The van der Waals surface area contributed by atoms with Gasteiger partial charge in [0.15, 0.2) is 0 Å². The Balaban J connectivity index is 2.03. The van der Waals surface area contributed by atoms with E-state index in [2.05, 4.69) is 5.32 Å². The Kier molecular flexibility index (Phi) is 4.95. The molecule has 0 bridgehead atoms. The highest BCUT2D eigenvalue weighted by molar-refractivity contribution is 7.80. The Bertz CT molecular complexity index is 510. The van der Waals surface area contributed by atoms with Crippen molar-refractivity contribution in [1.82, 2.24) is 4.90 Å². The SMILES string of the molecule is Cc1cccc(C(N)=S)c1NCC(=O)N1CCCCC1. The topological polar surface area (TPSA) is 58.4 Å². The van der Waals surface area contributed by atoms with Crippen molar-refractivity contribution in [2.75, 3.05) is 25.0 Å². The van der Waals surface area contributed by atoms with Crippen LogP contribution in [0.3, 0.4) is 0 Å². The van der Waals surface area contributed by atoms with Crippen LogP contribution in [0.15, 0.2) is 18.2 Å². The van der Waals surface area contributed by atoms with Crippen molar-refractivity contribution in [3.05, 3.63) is 29.3 Å². The average molecular weight is 291 g/mol. The van der Waals surface area contributed by atoms with E-state index < -0.39 is 0 Å². The summed E-state index contributed by atoms with van der Waals surface area (Å²) >= 11 is 5.06. The first kappa shape index (κ1) is 14.8. The Hall–Kier alpha value is -1.62. The summed E-state index contributed by atoms with van der Waals surface area (Å²) in [6.07, 6.45) is 3.43. The predicted octanol–water partition coefficient (Wildman–Crippen LogP) is 2.05. The molecular weight excluding hydrogens is 270 g/mol. The molecule has 1 fully saturated rings. The smallest absolute Gasteiger partial charge is 0.241 e. The number of carbonyl (C=O) groups is 1. The summed E-state index contributed by atoms with van der Waals surface area (Å²) in [6, 6.07) is 5.78. The van der Waals surface area contributed by atoms with Crippen LogP contribution in [-0.4, -0.2) is 35.4 Å². The van der Waals surface area contributed by atoms with Crippen molar-refractivity contribution >= 4 is 28.8 Å². The fourth-order valence-corrected chi connectivity index (χ4v) is 2.70. The predicted molar refractivity (Wildman–Crippen MR) is 86.0 cm³/mol. The first-order valence-electron chi connectivity index (χ1n) is 7.00. The van der Waals surface area contributed by atoms with Gasteiger partial charge in [0.25, 0.3) is 0 Å². The molecule has 0 unspecified atom stereocenters. The number of rotatable bonds is 4. The summed E-state index contributed by atoms with van der Waals surface area (Å²) in [6.45, 7) is 4.02. The molecule has 0 aliphatic carbocycles. The maximum absolute atomic E-state index is 12.2. The lowest BCUT2D eigenvalue weighted by atomic mass is 10.1. The largest absolute Gasteiger partial charge is 0.389 e. The molecule has 1 amide bonds. The molecule has 0 aromatic heterocycles. The van der Waals surface area contributed by atoms with Crippen LogP contribution in [0.25, 0.3) is 0 Å². The van der Waals surface area contributed by atoms with Crippen LogP contribution in [0, 0.1) is 6.92 Å². The zero-order valence-corrected chi connectivity index (χ0v) is 12.6. The molecule has 1 aliphatic rings. The summed E-state index contributed by atoms with van der Waals surface area (Å²) in [5.41, 5.74) is 8.44. The number of hydrogen-bond acceptors (Lipinski definition) is 3. The molecule has 0 saturated carbocycles. The fourth-order valence-electron chi connectivity index (χ4n) is 2.53. The minimum Gasteiger partial charge on any atom is -0.389 e. The molecule has 0 radical (unpaired) electrons. The molecule has 20 heavy (non-hydrogen) atoms. The van der Waals surface area contributed by atoms with Gasteiger partial charge >= 0.3 is 0 Å². The Labute approximate surface area is 125 Å². The molecule has 1 aliphatic heterocycles. The van der Waals surface area contributed by atoms with Crippen LogP contribution in [0.1, 0.15) is 30.4 Å². The number of hydrogen-bond donors (Lipinski definition) is 2. The number of thiocarbonyl (C=S) groups is 1. The van der Waals surface area contributed by atoms with E-state index in [0.717, 1.165) is 42.7 Å². The zero-order chi connectivity index (χ0) is 14.5. The second kappa shape index (κ2) is 6.70. The molecule has 5 heteroatoms. The number of carbonyl (C=O) groups excluding carboxylic acids is 1.